The van der Waals surface area contributed by atoms with Crippen LogP contribution >= 0.6 is 0 Å². The molecule has 0 aliphatic carbocycles. The standard InChI is InChI=1S/C25H24F2N2O3S/c1-28-22-11-10-16(17-6-2-3-7-20(17)26)14-19(22)25-18(23(28)15-30)12-13-29(25)33(31,32)24-9-5-4-8-21(24)27/h2-11,14,18,23,25,30H,12-13,15H2,1H3/t18-,23+,25-/m1/s1. The number of hydrogen-bond acceptors (Lipinski definition) is 4. The summed E-state index contributed by atoms with van der Waals surface area (Å²) < 4.78 is 57.5. The largest absolute Gasteiger partial charge is 0.394 e. The number of aliphatic hydroxyl groups is 1. The average molecular weight is 471 g/mol. The van der Waals surface area contributed by atoms with Crippen LogP contribution in [0.1, 0.15) is 18.0 Å². The molecule has 1 fully saturated rings. The molecule has 0 saturated carbocycles. The van der Waals surface area contributed by atoms with Gasteiger partial charge in [-0.2, -0.15) is 4.31 Å². The molecule has 2 heterocycles. The predicted molar refractivity (Wildman–Crippen MR) is 122 cm³/mol. The van der Waals surface area contributed by atoms with E-state index in [-0.39, 0.29) is 35.8 Å². The van der Waals surface area contributed by atoms with E-state index >= 15 is 0 Å². The van der Waals surface area contributed by atoms with Crippen molar-refractivity contribution in [1.82, 2.24) is 4.31 Å². The lowest BCUT2D eigenvalue weighted by molar-refractivity contribution is 0.193. The first kappa shape index (κ1) is 22.0. The normalized spacial score (nSPS) is 22.8. The van der Waals surface area contributed by atoms with Crippen LogP contribution in [0.25, 0.3) is 11.1 Å². The number of rotatable bonds is 4. The van der Waals surface area contributed by atoms with Gasteiger partial charge in [-0.3, -0.25) is 0 Å². The fourth-order valence-electron chi connectivity index (χ4n) is 5.32. The Morgan fingerprint density at radius 3 is 2.39 bits per heavy atom. The monoisotopic (exact) mass is 470 g/mol. The predicted octanol–water partition coefficient (Wildman–Crippen LogP) is 4.19. The summed E-state index contributed by atoms with van der Waals surface area (Å²) in [6, 6.07) is 16.4. The maximum absolute atomic E-state index is 14.5. The zero-order chi connectivity index (χ0) is 23.3. The van der Waals surface area contributed by atoms with Crippen molar-refractivity contribution in [3.8, 4) is 11.1 Å². The molecule has 0 spiro atoms. The van der Waals surface area contributed by atoms with Crippen molar-refractivity contribution >= 4 is 15.7 Å². The van der Waals surface area contributed by atoms with Crippen LogP contribution < -0.4 is 4.90 Å². The Morgan fingerprint density at radius 2 is 1.70 bits per heavy atom. The summed E-state index contributed by atoms with van der Waals surface area (Å²) >= 11 is 0. The smallest absolute Gasteiger partial charge is 0.246 e. The number of sulfonamides is 1. The SMILES string of the molecule is CN1c2ccc(-c3ccccc3F)cc2[C@H]2[C@H](CCN2S(=O)(=O)c2ccccc2F)[C@@H]1CO. The number of anilines is 1. The van der Waals surface area contributed by atoms with Crippen LogP contribution in [0.5, 0.6) is 0 Å². The van der Waals surface area contributed by atoms with Gasteiger partial charge in [-0.1, -0.05) is 36.4 Å². The molecule has 1 N–H and O–H groups in total. The van der Waals surface area contributed by atoms with Crippen molar-refractivity contribution < 1.29 is 22.3 Å². The molecule has 3 aromatic carbocycles. The zero-order valence-electron chi connectivity index (χ0n) is 18.0. The van der Waals surface area contributed by atoms with Gasteiger partial charge in [0.25, 0.3) is 0 Å². The Bertz CT molecular complexity index is 1310. The van der Waals surface area contributed by atoms with Crippen LogP contribution in [0.4, 0.5) is 14.5 Å². The third-order valence-electron chi connectivity index (χ3n) is 6.91. The van der Waals surface area contributed by atoms with Gasteiger partial charge >= 0.3 is 0 Å². The van der Waals surface area contributed by atoms with E-state index in [1.54, 1.807) is 24.3 Å². The molecule has 5 nitrogen and oxygen atoms in total. The second-order valence-electron chi connectivity index (χ2n) is 8.56. The molecule has 33 heavy (non-hydrogen) atoms. The molecular weight excluding hydrogens is 446 g/mol. The van der Waals surface area contributed by atoms with Crippen LogP contribution in [-0.4, -0.2) is 44.1 Å². The van der Waals surface area contributed by atoms with Crippen molar-refractivity contribution in [2.24, 2.45) is 5.92 Å². The second-order valence-corrected chi connectivity index (χ2v) is 10.4. The third-order valence-corrected chi connectivity index (χ3v) is 8.83. The quantitative estimate of drug-likeness (QED) is 0.621. The van der Waals surface area contributed by atoms with Gasteiger partial charge in [0.05, 0.1) is 18.7 Å². The fourth-order valence-corrected chi connectivity index (χ4v) is 7.06. The highest BCUT2D eigenvalue weighted by molar-refractivity contribution is 7.89. The van der Waals surface area contributed by atoms with Gasteiger partial charge in [-0.15, -0.1) is 0 Å². The van der Waals surface area contributed by atoms with Gasteiger partial charge in [0.15, 0.2) is 0 Å². The number of aliphatic hydroxyl groups excluding tert-OH is 1. The number of hydrogen-bond donors (Lipinski definition) is 1. The van der Waals surface area contributed by atoms with E-state index < -0.39 is 21.9 Å². The van der Waals surface area contributed by atoms with E-state index in [1.165, 1.54) is 28.6 Å². The van der Waals surface area contributed by atoms with Gasteiger partial charge in [0.2, 0.25) is 10.0 Å². The summed E-state index contributed by atoms with van der Waals surface area (Å²) in [4.78, 5) is 1.60. The summed E-state index contributed by atoms with van der Waals surface area (Å²) in [5, 5.41) is 10.1. The molecule has 0 bridgehead atoms. The van der Waals surface area contributed by atoms with Crippen LogP contribution in [0, 0.1) is 17.6 Å². The Balaban J connectivity index is 1.68. The molecule has 5 rings (SSSR count). The number of halogens is 2. The minimum absolute atomic E-state index is 0.139. The Morgan fingerprint density at radius 1 is 1.00 bits per heavy atom. The maximum atomic E-state index is 14.5. The summed E-state index contributed by atoms with van der Waals surface area (Å²) in [5.41, 5.74) is 2.55. The van der Waals surface area contributed by atoms with Gasteiger partial charge in [-0.05, 0) is 47.9 Å². The molecule has 8 heteroatoms. The lowest BCUT2D eigenvalue weighted by Crippen LogP contribution is -2.48. The highest BCUT2D eigenvalue weighted by atomic mass is 32.2. The second kappa shape index (κ2) is 8.20. The minimum Gasteiger partial charge on any atom is -0.394 e. The molecule has 0 radical (unpaired) electrons. The van der Waals surface area contributed by atoms with Crippen LogP contribution in [-0.2, 0) is 10.0 Å². The van der Waals surface area contributed by atoms with E-state index in [1.807, 2.05) is 24.1 Å². The minimum atomic E-state index is -4.13. The summed E-state index contributed by atoms with van der Waals surface area (Å²) in [6.07, 6.45) is 0.525. The molecule has 2 aliphatic rings. The van der Waals surface area contributed by atoms with Crippen LogP contribution in [0.2, 0.25) is 0 Å². The van der Waals surface area contributed by atoms with Crippen molar-refractivity contribution in [2.75, 3.05) is 25.1 Å². The molecule has 3 atom stereocenters. The third kappa shape index (κ3) is 3.44. The fraction of sp³-hybridized carbons (Fsp3) is 0.280. The van der Waals surface area contributed by atoms with Crippen molar-refractivity contribution in [3.63, 3.8) is 0 Å². The van der Waals surface area contributed by atoms with Crippen LogP contribution in [0.15, 0.2) is 71.6 Å². The molecule has 0 aromatic heterocycles. The summed E-state index contributed by atoms with van der Waals surface area (Å²) in [7, 11) is -2.27. The lowest BCUT2D eigenvalue weighted by Gasteiger charge is -2.44. The van der Waals surface area contributed by atoms with Gasteiger partial charge in [0, 0.05) is 30.8 Å². The molecule has 172 valence electrons. The van der Waals surface area contributed by atoms with Crippen LogP contribution in [0.3, 0.4) is 0 Å². The molecule has 2 aliphatic heterocycles. The first-order valence-electron chi connectivity index (χ1n) is 10.8. The van der Waals surface area contributed by atoms with Gasteiger partial charge in [-0.25, -0.2) is 17.2 Å². The lowest BCUT2D eigenvalue weighted by atomic mass is 9.81. The molecule has 1 saturated heterocycles. The van der Waals surface area contributed by atoms with Gasteiger partial charge < -0.3 is 10.0 Å². The highest BCUT2D eigenvalue weighted by Gasteiger charge is 2.50. The number of likely N-dealkylation sites (N-methyl/N-ethyl adjacent to an activating group) is 1. The summed E-state index contributed by atoms with van der Waals surface area (Å²) in [6.45, 7) is 0.0689. The van der Waals surface area contributed by atoms with E-state index in [0.717, 1.165) is 17.3 Å². The first-order valence-corrected chi connectivity index (χ1v) is 12.3. The number of fused-ring (bicyclic) bond motifs is 3. The maximum Gasteiger partial charge on any atom is 0.246 e. The summed E-state index contributed by atoms with van der Waals surface area (Å²) in [5.74, 6) is -1.36. The molecule has 0 unspecified atom stereocenters. The number of nitrogens with zero attached hydrogens (tertiary/aromatic N) is 2. The zero-order valence-corrected chi connectivity index (χ0v) is 18.8. The first-order chi connectivity index (χ1) is 15.8. The van der Waals surface area contributed by atoms with E-state index in [2.05, 4.69) is 0 Å². The molecule has 0 amide bonds. The Kier molecular flexibility index (Phi) is 5.47. The molecule has 3 aromatic rings. The Hall–Kier alpha value is -2.81. The Labute approximate surface area is 191 Å². The van der Waals surface area contributed by atoms with Gasteiger partial charge in [0.1, 0.15) is 16.5 Å². The van der Waals surface area contributed by atoms with Crippen molar-refractivity contribution in [2.45, 2.75) is 23.4 Å². The topological polar surface area (TPSA) is 60.9 Å². The highest BCUT2D eigenvalue weighted by Crippen LogP contribution is 2.51. The van der Waals surface area contributed by atoms with E-state index in [4.69, 9.17) is 0 Å². The van der Waals surface area contributed by atoms with E-state index in [0.29, 0.717) is 17.5 Å². The van der Waals surface area contributed by atoms with E-state index in [9.17, 15) is 22.3 Å². The van der Waals surface area contributed by atoms with Crippen molar-refractivity contribution in [3.05, 3.63) is 83.9 Å². The average Bonchev–Trinajstić information content (AvgIpc) is 3.26. The number of benzene rings is 3. The molecular formula is C25H24F2N2O3S. The van der Waals surface area contributed by atoms with Crippen molar-refractivity contribution in [1.29, 1.82) is 0 Å².